The highest BCUT2D eigenvalue weighted by molar-refractivity contribution is 5.95. The first-order valence-corrected chi connectivity index (χ1v) is 9.97. The summed E-state index contributed by atoms with van der Waals surface area (Å²) in [6.45, 7) is -0.463. The second kappa shape index (κ2) is 8.74. The maximum Gasteiger partial charge on any atom is 0.430 e. The highest BCUT2D eigenvalue weighted by atomic mass is 19.4. The lowest BCUT2D eigenvalue weighted by molar-refractivity contribution is -0.376. The third-order valence-corrected chi connectivity index (χ3v) is 5.29. The number of alkyl halides is 6. The lowest BCUT2D eigenvalue weighted by atomic mass is 9.91. The van der Waals surface area contributed by atoms with Crippen LogP contribution in [0.1, 0.15) is 17.0 Å². The minimum absolute atomic E-state index is 0.0708. The van der Waals surface area contributed by atoms with Crippen LogP contribution in [0.15, 0.2) is 36.4 Å². The van der Waals surface area contributed by atoms with Gasteiger partial charge >= 0.3 is 12.4 Å². The molecule has 3 N–H and O–H groups in total. The molecule has 36 heavy (non-hydrogen) atoms. The zero-order valence-corrected chi connectivity index (χ0v) is 18.2. The number of ether oxygens (including phenoxy) is 2. The molecule has 0 aliphatic carbocycles. The second-order valence-electron chi connectivity index (χ2n) is 7.63. The van der Waals surface area contributed by atoms with Crippen molar-refractivity contribution in [3.63, 3.8) is 0 Å². The molecule has 0 saturated heterocycles. The van der Waals surface area contributed by atoms with E-state index in [1.807, 2.05) is 0 Å². The maximum absolute atomic E-state index is 14.0. The summed E-state index contributed by atoms with van der Waals surface area (Å²) in [5.74, 6) is -0.454. The van der Waals surface area contributed by atoms with Gasteiger partial charge in [0.25, 0.3) is 5.60 Å². The van der Waals surface area contributed by atoms with E-state index in [0.717, 1.165) is 22.7 Å². The molecule has 15 heteroatoms. The number of rotatable bonds is 6. The molecule has 8 nitrogen and oxygen atoms in total. The Balaban J connectivity index is 1.53. The number of aromatic nitrogens is 4. The van der Waals surface area contributed by atoms with Gasteiger partial charge in [0, 0.05) is 11.6 Å². The van der Waals surface area contributed by atoms with Crippen LogP contribution in [0.2, 0.25) is 0 Å². The van der Waals surface area contributed by atoms with Gasteiger partial charge in [-0.05, 0) is 11.6 Å². The number of hydrogen-bond acceptors (Lipinski definition) is 7. The molecule has 0 atom stereocenters. The van der Waals surface area contributed by atoms with Crippen LogP contribution >= 0.6 is 0 Å². The SMILES string of the molecule is COc1cc(F)cc2c1nc(N)n1nc(COCc3ccc(C(O)(C(F)(F)F)C(F)(F)F)cc3)nc21. The summed E-state index contributed by atoms with van der Waals surface area (Å²) in [7, 11) is 1.33. The molecule has 0 aliphatic heterocycles. The van der Waals surface area contributed by atoms with E-state index in [9.17, 15) is 35.8 Å². The van der Waals surface area contributed by atoms with E-state index in [0.29, 0.717) is 12.1 Å². The molecule has 2 heterocycles. The molecule has 0 unspecified atom stereocenters. The molecule has 0 bridgehead atoms. The molecule has 4 rings (SSSR count). The summed E-state index contributed by atoms with van der Waals surface area (Å²) < 4.78 is 104. The average molecular weight is 519 g/mol. The zero-order valence-electron chi connectivity index (χ0n) is 18.2. The van der Waals surface area contributed by atoms with Crippen molar-refractivity contribution in [1.82, 2.24) is 19.6 Å². The molecule has 4 aromatic rings. The van der Waals surface area contributed by atoms with E-state index in [4.69, 9.17) is 15.2 Å². The van der Waals surface area contributed by atoms with E-state index in [1.54, 1.807) is 0 Å². The minimum atomic E-state index is -5.98. The highest BCUT2D eigenvalue weighted by Crippen LogP contribution is 2.50. The van der Waals surface area contributed by atoms with Crippen LogP contribution in [0.4, 0.5) is 36.7 Å². The molecule has 192 valence electrons. The molecule has 2 aromatic carbocycles. The van der Waals surface area contributed by atoms with E-state index >= 15 is 0 Å². The van der Waals surface area contributed by atoms with Crippen LogP contribution in [0.25, 0.3) is 16.6 Å². The fourth-order valence-electron chi connectivity index (χ4n) is 3.52. The van der Waals surface area contributed by atoms with Crippen molar-refractivity contribution >= 4 is 22.5 Å². The zero-order chi connectivity index (χ0) is 26.5. The van der Waals surface area contributed by atoms with Crippen LogP contribution in [0.3, 0.4) is 0 Å². The summed E-state index contributed by atoms with van der Waals surface area (Å²) in [4.78, 5) is 8.40. The molecular formula is C21H16F7N5O3. The molecule has 0 spiro atoms. The van der Waals surface area contributed by atoms with Crippen molar-refractivity contribution < 1.29 is 45.3 Å². The Morgan fingerprint density at radius 2 is 1.61 bits per heavy atom. The van der Waals surface area contributed by atoms with Crippen LogP contribution in [0.5, 0.6) is 5.75 Å². The van der Waals surface area contributed by atoms with Crippen molar-refractivity contribution in [2.24, 2.45) is 0 Å². The number of nitrogen functional groups attached to an aromatic ring is 1. The van der Waals surface area contributed by atoms with Crippen LogP contribution < -0.4 is 10.5 Å². The van der Waals surface area contributed by atoms with Crippen molar-refractivity contribution in [2.75, 3.05) is 12.8 Å². The monoisotopic (exact) mass is 519 g/mol. The predicted octanol–water partition coefficient (Wildman–Crippen LogP) is 4.04. The molecule has 0 fully saturated rings. The summed E-state index contributed by atoms with van der Waals surface area (Å²) >= 11 is 0. The Labute approximate surface area is 197 Å². The van der Waals surface area contributed by atoms with Crippen molar-refractivity contribution in [3.8, 4) is 5.75 Å². The van der Waals surface area contributed by atoms with Crippen LogP contribution in [0, 0.1) is 5.82 Å². The normalized spacial score (nSPS) is 13.0. The first-order valence-electron chi connectivity index (χ1n) is 9.97. The van der Waals surface area contributed by atoms with Gasteiger partial charge in [0.05, 0.1) is 19.1 Å². The number of methoxy groups -OCH3 is 1. The maximum atomic E-state index is 14.0. The Hall–Kier alpha value is -3.72. The van der Waals surface area contributed by atoms with Gasteiger partial charge in [-0.15, -0.1) is 5.10 Å². The third kappa shape index (κ3) is 4.24. The van der Waals surface area contributed by atoms with E-state index < -0.39 is 29.3 Å². The van der Waals surface area contributed by atoms with Gasteiger partial charge in [-0.25, -0.2) is 14.4 Å². The van der Waals surface area contributed by atoms with Crippen molar-refractivity contribution in [3.05, 3.63) is 59.2 Å². The lowest BCUT2D eigenvalue weighted by Crippen LogP contribution is -2.53. The van der Waals surface area contributed by atoms with E-state index in [-0.39, 0.29) is 52.8 Å². The average Bonchev–Trinajstić information content (AvgIpc) is 3.23. The third-order valence-electron chi connectivity index (χ3n) is 5.29. The Kier molecular flexibility index (Phi) is 6.16. The van der Waals surface area contributed by atoms with Gasteiger partial charge in [0.2, 0.25) is 5.95 Å². The smallest absolute Gasteiger partial charge is 0.430 e. The largest absolute Gasteiger partial charge is 0.494 e. The Morgan fingerprint density at radius 1 is 0.972 bits per heavy atom. The summed E-state index contributed by atoms with van der Waals surface area (Å²) in [5, 5.41) is 13.8. The second-order valence-corrected chi connectivity index (χ2v) is 7.63. The number of nitrogens with two attached hydrogens (primary N) is 1. The van der Waals surface area contributed by atoms with E-state index in [2.05, 4.69) is 15.1 Å². The number of benzene rings is 2. The Bertz CT molecular complexity index is 1400. The fourth-order valence-corrected chi connectivity index (χ4v) is 3.52. The number of aliphatic hydroxyl groups is 1. The fraction of sp³-hybridized carbons (Fsp3) is 0.286. The number of fused-ring (bicyclic) bond motifs is 3. The van der Waals surface area contributed by atoms with Gasteiger partial charge in [0.15, 0.2) is 11.5 Å². The van der Waals surface area contributed by atoms with Gasteiger partial charge in [-0.1, -0.05) is 24.3 Å². The number of nitrogens with zero attached hydrogens (tertiary/aromatic N) is 4. The van der Waals surface area contributed by atoms with Crippen LogP contribution in [-0.4, -0.2) is 44.2 Å². The van der Waals surface area contributed by atoms with Gasteiger partial charge < -0.3 is 20.3 Å². The molecule has 0 amide bonds. The molecule has 0 aliphatic rings. The molecule has 0 saturated carbocycles. The number of anilines is 1. The lowest BCUT2D eigenvalue weighted by Gasteiger charge is -2.32. The van der Waals surface area contributed by atoms with Crippen LogP contribution in [-0.2, 0) is 23.6 Å². The summed E-state index contributed by atoms with van der Waals surface area (Å²) in [5.41, 5.74) is 0.138. The number of halogens is 7. The Morgan fingerprint density at radius 3 is 2.19 bits per heavy atom. The predicted molar refractivity (Wildman–Crippen MR) is 110 cm³/mol. The highest BCUT2D eigenvalue weighted by Gasteiger charge is 2.71. The molecular weight excluding hydrogens is 503 g/mol. The van der Waals surface area contributed by atoms with Gasteiger partial charge in [-0.2, -0.15) is 30.9 Å². The summed E-state index contributed by atoms with van der Waals surface area (Å²) in [6.07, 6.45) is -12.0. The van der Waals surface area contributed by atoms with Gasteiger partial charge in [-0.3, -0.25) is 0 Å². The van der Waals surface area contributed by atoms with Crippen molar-refractivity contribution in [1.29, 1.82) is 0 Å². The molecule has 2 aromatic heterocycles. The first-order chi connectivity index (χ1) is 16.8. The topological polar surface area (TPSA) is 108 Å². The van der Waals surface area contributed by atoms with Gasteiger partial charge in [0.1, 0.15) is 23.7 Å². The van der Waals surface area contributed by atoms with Crippen molar-refractivity contribution in [2.45, 2.75) is 31.2 Å². The van der Waals surface area contributed by atoms with E-state index in [1.165, 1.54) is 13.2 Å². The summed E-state index contributed by atoms with van der Waals surface area (Å²) in [6, 6.07) is 5.25. The number of hydrogen-bond donors (Lipinski definition) is 2. The minimum Gasteiger partial charge on any atom is -0.494 e. The standard InChI is InChI=1S/C21H16F7N5O3/c1-35-14-7-12(22)6-13-16(14)31-18(29)33-17(13)30-15(32-33)9-36-8-10-2-4-11(5-3-10)19(34,20(23,24)25)21(26,27)28/h2-7,34H,8-9H2,1H3,(H2,29,31). The quantitative estimate of drug-likeness (QED) is 0.371. The first kappa shape index (κ1) is 25.4. The molecule has 0 radical (unpaired) electrons.